The number of Topliss-reactive ketones (excluding diaryl/α,β-unsaturated/α-hetero) is 1. The minimum atomic E-state index is -0.719. The quantitative estimate of drug-likeness (QED) is 0.372. The molecule has 0 saturated carbocycles. The summed E-state index contributed by atoms with van der Waals surface area (Å²) in [6, 6.07) is 15.4. The van der Waals surface area contributed by atoms with E-state index in [-0.39, 0.29) is 24.5 Å². The van der Waals surface area contributed by atoms with Gasteiger partial charge in [0.2, 0.25) is 0 Å². The maximum Gasteiger partial charge on any atom is 0.295 e. The fourth-order valence-corrected chi connectivity index (χ4v) is 3.59. The van der Waals surface area contributed by atoms with Gasteiger partial charge in [-0.05, 0) is 30.0 Å². The average molecular weight is 424 g/mol. The van der Waals surface area contributed by atoms with E-state index in [0.717, 1.165) is 6.42 Å². The lowest BCUT2D eigenvalue weighted by atomic mass is 9.95. The van der Waals surface area contributed by atoms with Gasteiger partial charge in [-0.3, -0.25) is 9.59 Å². The molecule has 6 nitrogen and oxygen atoms in total. The maximum absolute atomic E-state index is 12.9. The highest BCUT2D eigenvalue weighted by molar-refractivity contribution is 6.46. The minimum absolute atomic E-state index is 0.0756. The van der Waals surface area contributed by atoms with Crippen LogP contribution in [0.2, 0.25) is 0 Å². The third-order valence-corrected chi connectivity index (χ3v) is 5.26. The van der Waals surface area contributed by atoms with Crippen LogP contribution >= 0.6 is 0 Å². The van der Waals surface area contributed by atoms with E-state index >= 15 is 0 Å². The molecule has 2 aromatic rings. The van der Waals surface area contributed by atoms with Gasteiger partial charge in [-0.15, -0.1) is 0 Å². The summed E-state index contributed by atoms with van der Waals surface area (Å²) in [4.78, 5) is 27.2. The first kappa shape index (κ1) is 22.6. The first-order valence-electron chi connectivity index (χ1n) is 10.5. The number of aliphatic hydroxyl groups is 1. The number of aliphatic hydroxyl groups excluding tert-OH is 1. The molecule has 0 spiro atoms. The highest BCUT2D eigenvalue weighted by atomic mass is 16.5. The molecule has 31 heavy (non-hydrogen) atoms. The molecular weight excluding hydrogens is 394 g/mol. The van der Waals surface area contributed by atoms with Crippen molar-refractivity contribution in [2.75, 3.05) is 26.9 Å². The number of hydrogen-bond donors (Lipinski definition) is 1. The minimum Gasteiger partial charge on any atom is -0.507 e. The third kappa shape index (κ3) is 5.14. The molecule has 0 bridgehead atoms. The number of amides is 1. The summed E-state index contributed by atoms with van der Waals surface area (Å²) in [6.45, 7) is 5.35. The SMILES string of the molecule is COCCN1C(=O)C(=O)C(=C(O)c2ccccc2)C1c1cccc(OCCC(C)C)c1. The van der Waals surface area contributed by atoms with Crippen molar-refractivity contribution in [3.05, 3.63) is 71.3 Å². The molecule has 0 radical (unpaired) electrons. The Balaban J connectivity index is 2.03. The summed E-state index contributed by atoms with van der Waals surface area (Å²) in [5.41, 5.74) is 1.27. The van der Waals surface area contributed by atoms with Crippen LogP contribution in [0.1, 0.15) is 37.4 Å². The van der Waals surface area contributed by atoms with Gasteiger partial charge in [0, 0.05) is 19.2 Å². The number of ketones is 1. The largest absolute Gasteiger partial charge is 0.507 e. The lowest BCUT2D eigenvalue weighted by Gasteiger charge is -2.25. The Bertz CT molecular complexity index is 951. The molecule has 1 atom stereocenters. The Morgan fingerprint density at radius 3 is 2.48 bits per heavy atom. The summed E-state index contributed by atoms with van der Waals surface area (Å²) in [5.74, 6) is -0.348. The summed E-state index contributed by atoms with van der Waals surface area (Å²) >= 11 is 0. The van der Waals surface area contributed by atoms with Gasteiger partial charge < -0.3 is 19.5 Å². The van der Waals surface area contributed by atoms with Gasteiger partial charge in [0.15, 0.2) is 0 Å². The Morgan fingerprint density at radius 1 is 1.06 bits per heavy atom. The number of methoxy groups -OCH3 is 1. The number of ether oxygens (including phenoxy) is 2. The number of likely N-dealkylation sites (tertiary alicyclic amines) is 1. The van der Waals surface area contributed by atoms with Crippen LogP contribution in [0.25, 0.3) is 5.76 Å². The lowest BCUT2D eigenvalue weighted by Crippen LogP contribution is -2.32. The lowest BCUT2D eigenvalue weighted by molar-refractivity contribution is -0.140. The van der Waals surface area contributed by atoms with Crippen LogP contribution in [0.4, 0.5) is 0 Å². The average Bonchev–Trinajstić information content (AvgIpc) is 3.02. The van der Waals surface area contributed by atoms with Gasteiger partial charge in [-0.25, -0.2) is 0 Å². The van der Waals surface area contributed by atoms with Crippen molar-refractivity contribution in [1.29, 1.82) is 0 Å². The maximum atomic E-state index is 12.9. The predicted molar refractivity (Wildman–Crippen MR) is 119 cm³/mol. The molecular formula is C25H29NO5. The summed E-state index contributed by atoms with van der Waals surface area (Å²) in [7, 11) is 1.54. The van der Waals surface area contributed by atoms with Gasteiger partial charge in [0.05, 0.1) is 24.8 Å². The van der Waals surface area contributed by atoms with Crippen molar-refractivity contribution < 1.29 is 24.2 Å². The molecule has 1 N–H and O–H groups in total. The van der Waals surface area contributed by atoms with Crippen molar-refractivity contribution in [3.63, 3.8) is 0 Å². The topological polar surface area (TPSA) is 76.1 Å². The number of benzene rings is 2. The van der Waals surface area contributed by atoms with Gasteiger partial charge >= 0.3 is 0 Å². The van der Waals surface area contributed by atoms with Crippen molar-refractivity contribution in [2.24, 2.45) is 5.92 Å². The molecule has 164 valence electrons. The molecule has 1 heterocycles. The number of carbonyl (C=O) groups excluding carboxylic acids is 2. The first-order chi connectivity index (χ1) is 14.9. The van der Waals surface area contributed by atoms with E-state index in [4.69, 9.17) is 9.47 Å². The molecule has 1 fully saturated rings. The van der Waals surface area contributed by atoms with E-state index in [1.807, 2.05) is 30.3 Å². The van der Waals surface area contributed by atoms with Gasteiger partial charge in [0.1, 0.15) is 11.5 Å². The van der Waals surface area contributed by atoms with Crippen LogP contribution in [0, 0.1) is 5.92 Å². The van der Waals surface area contributed by atoms with Crippen molar-refractivity contribution >= 4 is 17.4 Å². The van der Waals surface area contributed by atoms with E-state index in [2.05, 4.69) is 13.8 Å². The number of hydrogen-bond acceptors (Lipinski definition) is 5. The smallest absolute Gasteiger partial charge is 0.295 e. The molecule has 1 aliphatic heterocycles. The molecule has 1 aliphatic rings. The molecule has 3 rings (SSSR count). The molecule has 1 unspecified atom stereocenters. The summed E-state index contributed by atoms with van der Waals surface area (Å²) < 4.78 is 11.0. The monoisotopic (exact) mass is 423 g/mol. The molecule has 0 aliphatic carbocycles. The van der Waals surface area contributed by atoms with E-state index in [1.54, 1.807) is 31.4 Å². The second-order valence-electron chi connectivity index (χ2n) is 7.95. The van der Waals surface area contributed by atoms with Crippen LogP contribution in [-0.4, -0.2) is 48.6 Å². The van der Waals surface area contributed by atoms with E-state index in [9.17, 15) is 14.7 Å². The van der Waals surface area contributed by atoms with Crippen LogP contribution in [0.3, 0.4) is 0 Å². The van der Waals surface area contributed by atoms with Crippen molar-refractivity contribution in [1.82, 2.24) is 4.90 Å². The molecule has 1 amide bonds. The van der Waals surface area contributed by atoms with E-state index in [1.165, 1.54) is 4.90 Å². The standard InChI is InChI=1S/C25H29NO5/c1-17(2)12-14-31-20-11-7-10-19(16-20)22-21(23(27)18-8-5-4-6-9-18)24(28)25(29)26(22)13-15-30-3/h4-11,16-17,22,27H,12-15H2,1-3H3. The summed E-state index contributed by atoms with van der Waals surface area (Å²) in [6.07, 6.45) is 0.921. The molecule has 0 aromatic heterocycles. The van der Waals surface area contributed by atoms with Crippen LogP contribution in [0.15, 0.2) is 60.2 Å². The zero-order valence-electron chi connectivity index (χ0n) is 18.2. The second-order valence-corrected chi connectivity index (χ2v) is 7.95. The van der Waals surface area contributed by atoms with Crippen LogP contribution in [0.5, 0.6) is 5.75 Å². The highest BCUT2D eigenvalue weighted by Gasteiger charge is 2.45. The van der Waals surface area contributed by atoms with E-state index < -0.39 is 17.7 Å². The molecule has 1 saturated heterocycles. The zero-order valence-corrected chi connectivity index (χ0v) is 18.2. The Kier molecular flexibility index (Phi) is 7.47. The molecule has 6 heteroatoms. The van der Waals surface area contributed by atoms with Gasteiger partial charge in [-0.1, -0.05) is 56.3 Å². The predicted octanol–water partition coefficient (Wildman–Crippen LogP) is 4.18. The Hall–Kier alpha value is -3.12. The second kappa shape index (κ2) is 10.3. The fraction of sp³-hybridized carbons (Fsp3) is 0.360. The third-order valence-electron chi connectivity index (χ3n) is 5.26. The highest BCUT2D eigenvalue weighted by Crippen LogP contribution is 2.40. The normalized spacial score (nSPS) is 18.1. The van der Waals surface area contributed by atoms with Crippen LogP contribution < -0.4 is 4.74 Å². The van der Waals surface area contributed by atoms with Gasteiger partial charge in [0.25, 0.3) is 11.7 Å². The molecule has 2 aromatic carbocycles. The first-order valence-corrected chi connectivity index (χ1v) is 10.5. The van der Waals surface area contributed by atoms with Crippen molar-refractivity contribution in [2.45, 2.75) is 26.3 Å². The number of rotatable bonds is 9. The summed E-state index contributed by atoms with van der Waals surface area (Å²) in [5, 5.41) is 11.0. The van der Waals surface area contributed by atoms with E-state index in [0.29, 0.717) is 29.4 Å². The fourth-order valence-electron chi connectivity index (χ4n) is 3.59. The zero-order chi connectivity index (χ0) is 22.4. The van der Waals surface area contributed by atoms with Gasteiger partial charge in [-0.2, -0.15) is 0 Å². The Morgan fingerprint density at radius 2 is 1.81 bits per heavy atom. The number of carbonyl (C=O) groups is 2. The number of nitrogens with zero attached hydrogens (tertiary/aromatic N) is 1. The van der Waals surface area contributed by atoms with Crippen molar-refractivity contribution in [3.8, 4) is 5.75 Å². The Labute approximate surface area is 183 Å². The van der Waals surface area contributed by atoms with Crippen LogP contribution in [-0.2, 0) is 14.3 Å².